The smallest absolute Gasteiger partial charge is 0.369 e. The van der Waals surface area contributed by atoms with E-state index in [0.717, 1.165) is 36.5 Å². The van der Waals surface area contributed by atoms with Gasteiger partial charge >= 0.3 is 12.4 Å². The third-order valence-corrected chi connectivity index (χ3v) is 6.33. The van der Waals surface area contributed by atoms with Crippen molar-refractivity contribution in [1.29, 1.82) is 0 Å². The summed E-state index contributed by atoms with van der Waals surface area (Å²) in [5.41, 5.74) is -2.39. The van der Waals surface area contributed by atoms with Crippen LogP contribution in [0, 0.1) is 0 Å². The summed E-state index contributed by atoms with van der Waals surface area (Å²) in [6, 6.07) is 6.78. The highest BCUT2D eigenvalue weighted by molar-refractivity contribution is 6.10. The predicted octanol–water partition coefficient (Wildman–Crippen LogP) is 6.06. The van der Waals surface area contributed by atoms with E-state index in [2.05, 4.69) is 29.0 Å². The van der Waals surface area contributed by atoms with Gasteiger partial charge in [0.1, 0.15) is 0 Å². The largest absolute Gasteiger partial charge is 0.417 e. The molecule has 1 aliphatic rings. The van der Waals surface area contributed by atoms with Crippen LogP contribution in [-0.2, 0) is 12.4 Å². The quantitative estimate of drug-likeness (QED) is 0.434. The number of alkyl halides is 6. The lowest BCUT2D eigenvalue weighted by Crippen LogP contribution is -2.49. The highest BCUT2D eigenvalue weighted by Crippen LogP contribution is 2.38. The Hall–Kier alpha value is -3.34. The van der Waals surface area contributed by atoms with E-state index >= 15 is 0 Å². The van der Waals surface area contributed by atoms with Crippen LogP contribution < -0.4 is 10.2 Å². The van der Waals surface area contributed by atoms with E-state index in [1.165, 1.54) is 12.3 Å². The molecule has 0 bridgehead atoms. The van der Waals surface area contributed by atoms with Gasteiger partial charge < -0.3 is 10.2 Å². The molecule has 0 saturated carbocycles. The first-order valence-electron chi connectivity index (χ1n) is 11.3. The van der Waals surface area contributed by atoms with Crippen LogP contribution in [0.3, 0.4) is 0 Å². The predicted molar refractivity (Wildman–Crippen MR) is 125 cm³/mol. The summed E-state index contributed by atoms with van der Waals surface area (Å²) >= 11 is 0. The molecule has 3 aromatic rings. The Kier molecular flexibility index (Phi) is 6.87. The number of aromatic nitrogens is 1. The molecule has 2 heterocycles. The molecule has 5 nitrogen and oxygen atoms in total. The molecular formula is C25H24F6N4O. The molecule has 192 valence electrons. The van der Waals surface area contributed by atoms with Crippen LogP contribution in [0.4, 0.5) is 37.7 Å². The number of fused-ring (bicyclic) bond motifs is 1. The molecule has 4 rings (SSSR count). The number of halogens is 6. The topological polar surface area (TPSA) is 48.5 Å². The number of nitrogens with one attached hydrogen (secondary N) is 1. The number of piperazine rings is 1. The number of hydrogen-bond acceptors (Lipinski definition) is 4. The van der Waals surface area contributed by atoms with Gasteiger partial charge in [0.05, 0.1) is 22.4 Å². The minimum absolute atomic E-state index is 0.0334. The first kappa shape index (κ1) is 25.7. The first-order chi connectivity index (χ1) is 16.9. The number of carbonyl (C=O) groups excluding carboxylic acids is 1. The molecule has 36 heavy (non-hydrogen) atoms. The minimum Gasteiger partial charge on any atom is -0.369 e. The molecule has 0 spiro atoms. The Bertz CT molecular complexity index is 1260. The summed E-state index contributed by atoms with van der Waals surface area (Å²) in [5, 5.41) is 2.09. The van der Waals surface area contributed by atoms with Gasteiger partial charge in [0.15, 0.2) is 0 Å². The number of pyridine rings is 1. The van der Waals surface area contributed by atoms with Gasteiger partial charge in [0.25, 0.3) is 5.91 Å². The van der Waals surface area contributed by atoms with Crippen molar-refractivity contribution in [2.75, 3.05) is 36.4 Å². The second-order valence-corrected chi connectivity index (χ2v) is 8.88. The highest BCUT2D eigenvalue weighted by Gasteiger charge is 2.37. The molecule has 1 amide bonds. The summed E-state index contributed by atoms with van der Waals surface area (Å²) in [6.07, 6.45) is -7.16. The van der Waals surface area contributed by atoms with Gasteiger partial charge in [-0.2, -0.15) is 26.3 Å². The molecule has 1 aromatic heterocycles. The van der Waals surface area contributed by atoms with Crippen molar-refractivity contribution in [2.24, 2.45) is 0 Å². The second kappa shape index (κ2) is 9.61. The summed E-state index contributed by atoms with van der Waals surface area (Å²) < 4.78 is 82.0. The molecule has 1 fully saturated rings. The number of rotatable bonds is 4. The Morgan fingerprint density at radius 1 is 0.889 bits per heavy atom. The van der Waals surface area contributed by atoms with Crippen molar-refractivity contribution in [3.8, 4) is 0 Å². The number of anilines is 2. The normalized spacial score (nSPS) is 15.5. The fourth-order valence-electron chi connectivity index (χ4n) is 4.39. The van der Waals surface area contributed by atoms with Crippen molar-refractivity contribution in [3.63, 3.8) is 0 Å². The lowest BCUT2D eigenvalue weighted by atomic mass is 10.0. The first-order valence-corrected chi connectivity index (χ1v) is 11.3. The van der Waals surface area contributed by atoms with E-state index in [1.54, 1.807) is 0 Å². The molecule has 0 atom stereocenters. The molecule has 1 aliphatic heterocycles. The Morgan fingerprint density at radius 2 is 1.56 bits per heavy atom. The summed E-state index contributed by atoms with van der Waals surface area (Å²) in [4.78, 5) is 20.8. The number of hydrogen-bond donors (Lipinski definition) is 1. The maximum atomic E-state index is 14.0. The standard InChI is InChI=1S/C25H24F6N4O/c1-15(2)34-9-11-35(12-10-34)16-3-4-18(21(13-16)25(29,30)31)23(36)33-22-6-5-20(24(26,27)28)17-7-8-32-14-19(17)22/h3-8,13-15H,9-12H2,1-2H3,(H,33,36). The Morgan fingerprint density at radius 3 is 2.17 bits per heavy atom. The van der Waals surface area contributed by atoms with E-state index in [1.807, 2.05) is 4.90 Å². The lowest BCUT2D eigenvalue weighted by molar-refractivity contribution is -0.138. The Balaban J connectivity index is 1.65. The van der Waals surface area contributed by atoms with Gasteiger partial charge in [-0.05, 0) is 55.6 Å². The van der Waals surface area contributed by atoms with Crippen molar-refractivity contribution < 1.29 is 31.1 Å². The lowest BCUT2D eigenvalue weighted by Gasteiger charge is -2.38. The van der Waals surface area contributed by atoms with Crippen molar-refractivity contribution in [1.82, 2.24) is 9.88 Å². The van der Waals surface area contributed by atoms with Crippen LogP contribution in [0.5, 0.6) is 0 Å². The van der Waals surface area contributed by atoms with Crippen LogP contribution in [0.25, 0.3) is 10.8 Å². The minimum atomic E-state index is -4.81. The average Bonchev–Trinajstić information content (AvgIpc) is 2.82. The van der Waals surface area contributed by atoms with Crippen LogP contribution in [0.2, 0.25) is 0 Å². The van der Waals surface area contributed by atoms with Crippen LogP contribution in [0.15, 0.2) is 48.8 Å². The fourth-order valence-corrected chi connectivity index (χ4v) is 4.39. The van der Waals surface area contributed by atoms with E-state index in [9.17, 15) is 31.1 Å². The average molecular weight is 510 g/mol. The number of carbonyl (C=O) groups is 1. The van der Waals surface area contributed by atoms with Crippen LogP contribution in [-0.4, -0.2) is 48.0 Å². The number of nitrogens with zero attached hydrogens (tertiary/aromatic N) is 3. The third kappa shape index (κ3) is 5.25. The molecule has 11 heteroatoms. The summed E-state index contributed by atoms with van der Waals surface area (Å²) in [5.74, 6) is -1.08. The van der Waals surface area contributed by atoms with E-state index in [-0.39, 0.29) is 16.5 Å². The Labute approximate surface area is 203 Å². The second-order valence-electron chi connectivity index (χ2n) is 8.88. The molecule has 0 unspecified atom stereocenters. The van der Waals surface area contributed by atoms with Gasteiger partial charge in [-0.15, -0.1) is 0 Å². The molecule has 2 aromatic carbocycles. The zero-order valence-corrected chi connectivity index (χ0v) is 19.5. The zero-order chi connectivity index (χ0) is 26.3. The SMILES string of the molecule is CC(C)N1CCN(c2ccc(C(=O)Nc3ccc(C(F)(F)F)c4ccncc34)c(C(F)(F)F)c2)CC1. The van der Waals surface area contributed by atoms with Crippen LogP contribution in [0.1, 0.15) is 35.3 Å². The molecular weight excluding hydrogens is 486 g/mol. The summed E-state index contributed by atoms with van der Waals surface area (Å²) in [7, 11) is 0. The van der Waals surface area contributed by atoms with E-state index < -0.39 is 35.0 Å². The third-order valence-electron chi connectivity index (χ3n) is 6.33. The molecule has 1 saturated heterocycles. The van der Waals surface area contributed by atoms with E-state index in [0.29, 0.717) is 37.9 Å². The van der Waals surface area contributed by atoms with Crippen molar-refractivity contribution >= 4 is 28.1 Å². The number of benzene rings is 2. The van der Waals surface area contributed by atoms with Crippen molar-refractivity contribution in [2.45, 2.75) is 32.2 Å². The maximum absolute atomic E-state index is 14.0. The number of amides is 1. The van der Waals surface area contributed by atoms with E-state index in [4.69, 9.17) is 0 Å². The van der Waals surface area contributed by atoms with Crippen molar-refractivity contribution in [3.05, 3.63) is 65.5 Å². The monoisotopic (exact) mass is 510 g/mol. The van der Waals surface area contributed by atoms with Gasteiger partial charge in [-0.3, -0.25) is 14.7 Å². The van der Waals surface area contributed by atoms with Gasteiger partial charge in [0.2, 0.25) is 0 Å². The molecule has 0 aliphatic carbocycles. The fraction of sp³-hybridized carbons (Fsp3) is 0.360. The zero-order valence-electron chi connectivity index (χ0n) is 19.5. The molecule has 1 N–H and O–H groups in total. The van der Waals surface area contributed by atoms with Crippen LogP contribution >= 0.6 is 0 Å². The van der Waals surface area contributed by atoms with Gasteiger partial charge in [-0.25, -0.2) is 0 Å². The molecule has 0 radical (unpaired) electrons. The van der Waals surface area contributed by atoms with Gasteiger partial charge in [-0.1, -0.05) is 0 Å². The maximum Gasteiger partial charge on any atom is 0.417 e. The van der Waals surface area contributed by atoms with Gasteiger partial charge in [0, 0.05) is 55.7 Å². The highest BCUT2D eigenvalue weighted by atomic mass is 19.4. The summed E-state index contributed by atoms with van der Waals surface area (Å²) in [6.45, 7) is 6.62.